The van der Waals surface area contributed by atoms with Crippen LogP contribution in [0.2, 0.25) is 5.02 Å². The maximum Gasteiger partial charge on any atom is 0.289 e. The highest BCUT2D eigenvalue weighted by atomic mass is 35.5. The minimum absolute atomic E-state index is 0.0887. The molecule has 1 aromatic heterocycles. The van der Waals surface area contributed by atoms with Crippen LogP contribution in [0.5, 0.6) is 0 Å². The smallest absolute Gasteiger partial charge is 0.289 e. The number of carbonyl (C=O) groups is 2. The van der Waals surface area contributed by atoms with E-state index in [9.17, 15) is 14.7 Å². The molecule has 1 N–H and O–H groups in total. The van der Waals surface area contributed by atoms with Crippen LogP contribution in [0.4, 0.5) is 0 Å². The molecule has 2 aliphatic heterocycles. The van der Waals surface area contributed by atoms with Gasteiger partial charge >= 0.3 is 0 Å². The Bertz CT molecular complexity index is 992. The number of piperidine rings is 1. The lowest BCUT2D eigenvalue weighted by Gasteiger charge is -2.52. The molecule has 0 aliphatic carbocycles. The predicted molar refractivity (Wildman–Crippen MR) is 120 cm³/mol. The van der Waals surface area contributed by atoms with Crippen LogP contribution in [0.1, 0.15) is 43.7 Å². The fourth-order valence-electron chi connectivity index (χ4n) is 4.64. The maximum atomic E-state index is 13.0. The molecule has 2 aromatic rings. The largest absolute Gasteiger partial charge is 0.451 e. The Morgan fingerprint density at radius 3 is 2.44 bits per heavy atom. The number of rotatable bonds is 3. The molecule has 0 bridgehead atoms. The fraction of sp³-hybridized carbons (Fsp3) is 0.500. The van der Waals surface area contributed by atoms with Gasteiger partial charge in [0.2, 0.25) is 5.91 Å². The minimum Gasteiger partial charge on any atom is -0.451 e. The Hall–Kier alpha value is -2.35. The van der Waals surface area contributed by atoms with E-state index in [1.54, 1.807) is 48.0 Å². The summed E-state index contributed by atoms with van der Waals surface area (Å²) >= 11 is 5.94. The normalized spacial score (nSPS) is 25.0. The van der Waals surface area contributed by atoms with E-state index < -0.39 is 11.2 Å². The van der Waals surface area contributed by atoms with Crippen molar-refractivity contribution in [2.24, 2.45) is 0 Å². The Kier molecular flexibility index (Phi) is 6.09. The Morgan fingerprint density at radius 2 is 1.81 bits per heavy atom. The summed E-state index contributed by atoms with van der Waals surface area (Å²) in [6.07, 6.45) is 1.82. The number of hydrogen-bond acceptors (Lipinski definition) is 5. The number of aliphatic hydroxyl groups is 1. The quantitative estimate of drug-likeness (QED) is 0.756. The van der Waals surface area contributed by atoms with Crippen LogP contribution < -0.4 is 0 Å². The van der Waals surface area contributed by atoms with Gasteiger partial charge in [-0.2, -0.15) is 0 Å². The third kappa shape index (κ3) is 4.42. The van der Waals surface area contributed by atoms with E-state index in [2.05, 4.69) is 0 Å². The highest BCUT2D eigenvalue weighted by Gasteiger charge is 2.50. The lowest BCUT2D eigenvalue weighted by atomic mass is 9.77. The van der Waals surface area contributed by atoms with Crippen molar-refractivity contribution >= 4 is 23.4 Å². The van der Waals surface area contributed by atoms with Gasteiger partial charge < -0.3 is 24.1 Å². The van der Waals surface area contributed by atoms with E-state index in [0.717, 1.165) is 5.56 Å². The van der Waals surface area contributed by atoms with Gasteiger partial charge in [0, 0.05) is 37.6 Å². The molecule has 1 aromatic carbocycles. The maximum absolute atomic E-state index is 13.0. The number of benzene rings is 1. The molecule has 0 radical (unpaired) electrons. The van der Waals surface area contributed by atoms with E-state index >= 15 is 0 Å². The molecular formula is C24H29ClN2O5. The first kappa shape index (κ1) is 22.8. The summed E-state index contributed by atoms with van der Waals surface area (Å²) in [6, 6.07) is 10.4. The fourth-order valence-corrected chi connectivity index (χ4v) is 4.77. The molecule has 32 heavy (non-hydrogen) atoms. The highest BCUT2D eigenvalue weighted by molar-refractivity contribution is 6.30. The van der Waals surface area contributed by atoms with Crippen molar-refractivity contribution in [1.82, 2.24) is 9.80 Å². The van der Waals surface area contributed by atoms with Crippen LogP contribution in [0.15, 0.2) is 40.8 Å². The number of hydrogen-bond donors (Lipinski definition) is 1. The van der Waals surface area contributed by atoms with Crippen molar-refractivity contribution < 1.29 is 23.8 Å². The van der Waals surface area contributed by atoms with Crippen LogP contribution in [-0.4, -0.2) is 70.7 Å². The van der Waals surface area contributed by atoms with Crippen molar-refractivity contribution in [1.29, 1.82) is 0 Å². The van der Waals surface area contributed by atoms with Gasteiger partial charge in [0.05, 0.1) is 18.2 Å². The molecule has 172 valence electrons. The van der Waals surface area contributed by atoms with Crippen molar-refractivity contribution in [3.8, 4) is 11.3 Å². The zero-order valence-corrected chi connectivity index (χ0v) is 19.4. The minimum atomic E-state index is -1.11. The summed E-state index contributed by atoms with van der Waals surface area (Å²) in [5.74, 6) is 0.675. The molecule has 2 aliphatic rings. The third-order valence-electron chi connectivity index (χ3n) is 6.83. The number of nitrogens with zero attached hydrogens (tertiary/aromatic N) is 2. The standard InChI is InChI=1S/C24H29ClN2O5/c1-16(28)26(3)21-14-24(31-15-23(21,2)30)10-12-27(13-11-24)22(29)20-9-8-19(32-20)17-4-6-18(25)7-5-17/h4-9,21,30H,10-15H2,1-3H3/t21-,23-/m0/s1. The average molecular weight is 461 g/mol. The second-order valence-corrected chi connectivity index (χ2v) is 9.58. The SMILES string of the molecule is CC(=O)N(C)[C@H]1CC2(CCN(C(=O)c3ccc(-c4ccc(Cl)cc4)o3)CC2)OC[C@]1(C)O. The molecule has 2 atom stereocenters. The summed E-state index contributed by atoms with van der Waals surface area (Å²) in [5.41, 5.74) is -0.704. The van der Waals surface area contributed by atoms with Crippen molar-refractivity contribution in [3.05, 3.63) is 47.2 Å². The van der Waals surface area contributed by atoms with E-state index in [0.29, 0.717) is 48.9 Å². The number of amides is 2. The number of carbonyl (C=O) groups excluding carboxylic acids is 2. The number of likely N-dealkylation sites (tertiary alicyclic amines) is 1. The third-order valence-corrected chi connectivity index (χ3v) is 7.08. The lowest BCUT2D eigenvalue weighted by molar-refractivity contribution is -0.207. The summed E-state index contributed by atoms with van der Waals surface area (Å²) in [5, 5.41) is 11.4. The summed E-state index contributed by atoms with van der Waals surface area (Å²) in [6.45, 7) is 4.41. The van der Waals surface area contributed by atoms with Crippen LogP contribution >= 0.6 is 11.6 Å². The molecule has 1 spiro atoms. The Labute approximate surface area is 192 Å². The first-order valence-corrected chi connectivity index (χ1v) is 11.2. The molecule has 2 fully saturated rings. The second-order valence-electron chi connectivity index (χ2n) is 9.14. The number of ether oxygens (including phenoxy) is 1. The van der Waals surface area contributed by atoms with E-state index in [1.807, 2.05) is 12.1 Å². The van der Waals surface area contributed by atoms with Crippen molar-refractivity contribution in [2.75, 3.05) is 26.7 Å². The lowest BCUT2D eigenvalue weighted by Crippen LogP contribution is -2.64. The van der Waals surface area contributed by atoms with Gasteiger partial charge in [-0.1, -0.05) is 11.6 Å². The zero-order valence-electron chi connectivity index (χ0n) is 18.6. The molecule has 4 rings (SSSR count). The Balaban J connectivity index is 1.42. The van der Waals surface area contributed by atoms with Crippen LogP contribution in [0.3, 0.4) is 0 Å². The number of halogens is 1. The molecule has 0 saturated carbocycles. The first-order valence-electron chi connectivity index (χ1n) is 10.9. The van der Waals surface area contributed by atoms with Gasteiger partial charge in [0.15, 0.2) is 5.76 Å². The van der Waals surface area contributed by atoms with Gasteiger partial charge in [-0.05, 0) is 62.6 Å². The van der Waals surface area contributed by atoms with Gasteiger partial charge in [-0.15, -0.1) is 0 Å². The van der Waals surface area contributed by atoms with Gasteiger partial charge in [0.1, 0.15) is 11.4 Å². The van der Waals surface area contributed by atoms with Crippen molar-refractivity contribution in [2.45, 2.75) is 50.4 Å². The van der Waals surface area contributed by atoms with Crippen LogP contribution in [-0.2, 0) is 9.53 Å². The molecule has 8 heteroatoms. The summed E-state index contributed by atoms with van der Waals surface area (Å²) < 4.78 is 11.9. The molecule has 0 unspecified atom stereocenters. The number of likely N-dealkylation sites (N-methyl/N-ethyl adjacent to an activating group) is 1. The number of furan rings is 1. The van der Waals surface area contributed by atoms with Crippen LogP contribution in [0.25, 0.3) is 11.3 Å². The topological polar surface area (TPSA) is 83.2 Å². The first-order chi connectivity index (χ1) is 15.1. The van der Waals surface area contributed by atoms with Gasteiger partial charge in [0.25, 0.3) is 5.91 Å². The molecule has 3 heterocycles. The predicted octanol–water partition coefficient (Wildman–Crippen LogP) is 3.59. The average Bonchev–Trinajstić information content (AvgIpc) is 3.26. The Morgan fingerprint density at radius 1 is 1.16 bits per heavy atom. The molecular weight excluding hydrogens is 432 g/mol. The molecule has 2 amide bonds. The van der Waals surface area contributed by atoms with Gasteiger partial charge in [-0.3, -0.25) is 9.59 Å². The summed E-state index contributed by atoms with van der Waals surface area (Å²) in [4.78, 5) is 28.3. The van der Waals surface area contributed by atoms with E-state index in [-0.39, 0.29) is 24.5 Å². The highest BCUT2D eigenvalue weighted by Crippen LogP contribution is 2.40. The van der Waals surface area contributed by atoms with E-state index in [1.165, 1.54) is 6.92 Å². The van der Waals surface area contributed by atoms with Crippen LogP contribution in [0, 0.1) is 0 Å². The van der Waals surface area contributed by atoms with E-state index in [4.69, 9.17) is 20.8 Å². The monoisotopic (exact) mass is 460 g/mol. The van der Waals surface area contributed by atoms with Gasteiger partial charge in [-0.25, -0.2) is 0 Å². The second kappa shape index (κ2) is 8.54. The zero-order chi connectivity index (χ0) is 23.1. The summed E-state index contributed by atoms with van der Waals surface area (Å²) in [7, 11) is 1.72. The molecule has 2 saturated heterocycles. The molecule has 7 nitrogen and oxygen atoms in total. The van der Waals surface area contributed by atoms with Crippen molar-refractivity contribution in [3.63, 3.8) is 0 Å².